The van der Waals surface area contributed by atoms with Gasteiger partial charge in [-0.15, -0.1) is 0 Å². The fourth-order valence-electron chi connectivity index (χ4n) is 2.41. The van der Waals surface area contributed by atoms with E-state index in [2.05, 4.69) is 27.7 Å². The van der Waals surface area contributed by atoms with Crippen molar-refractivity contribution in [3.05, 3.63) is 0 Å². The zero-order valence-corrected chi connectivity index (χ0v) is 12.9. The molecule has 0 aliphatic heterocycles. The highest BCUT2D eigenvalue weighted by molar-refractivity contribution is 6.39. The molecule has 0 bridgehead atoms. The zero-order chi connectivity index (χ0) is 11.5. The molecule has 2 unspecified atom stereocenters. The average Bonchev–Trinajstić information content (AvgIpc) is 2.18. The van der Waals surface area contributed by atoms with Gasteiger partial charge < -0.3 is 0 Å². The van der Waals surface area contributed by atoms with Crippen molar-refractivity contribution < 1.29 is 0 Å². The average molecular weight is 226 g/mol. The Balaban J connectivity index is 3.35. The van der Waals surface area contributed by atoms with Crippen LogP contribution in [0, 0.1) is 0 Å². The summed E-state index contributed by atoms with van der Waals surface area (Å²) in [5, 5.41) is 0. The van der Waals surface area contributed by atoms with Gasteiger partial charge in [-0.2, -0.15) is 0 Å². The second-order valence-corrected chi connectivity index (χ2v) is 8.70. The van der Waals surface area contributed by atoms with Gasteiger partial charge in [-0.05, 0) is 0 Å². The molecule has 0 nitrogen and oxygen atoms in total. The molecule has 0 radical (unpaired) electrons. The van der Waals surface area contributed by atoms with E-state index in [1.165, 1.54) is 51.4 Å². The normalized spacial score (nSPS) is 14.9. The fourth-order valence-corrected chi connectivity index (χ4v) is 4.83. The molecule has 0 aromatic heterocycles. The Labute approximate surface area is 104 Å². The second-order valence-electron chi connectivity index (χ2n) is 5.44. The number of hydrogen-bond acceptors (Lipinski definition) is 0. The van der Waals surface area contributed by atoms with Crippen LogP contribution in [0.4, 0.5) is 0 Å². The van der Waals surface area contributed by atoms with Crippen LogP contribution in [-0.2, 0) is 0 Å². The molecule has 0 saturated heterocycles. The lowest BCUT2D eigenvalue weighted by molar-refractivity contribution is 0.626. The van der Waals surface area contributed by atoms with Crippen LogP contribution in [0.3, 0.4) is 0 Å². The van der Waals surface area contributed by atoms with E-state index in [9.17, 15) is 0 Å². The van der Waals surface area contributed by atoms with Gasteiger partial charge in [0.15, 0.2) is 0 Å². The highest BCUT2D eigenvalue weighted by Crippen LogP contribution is 2.22. The van der Waals surface area contributed by atoms with Gasteiger partial charge in [0, 0.05) is 0 Å². The molecule has 0 rings (SSSR count). The molecule has 2 atom stereocenters. The predicted molar refractivity (Wildman–Crippen MR) is 74.3 cm³/mol. The van der Waals surface area contributed by atoms with Gasteiger partial charge in [0.05, 0.1) is 0 Å². The van der Waals surface area contributed by atoms with Gasteiger partial charge in [0.2, 0.25) is 15.2 Å². The lowest BCUT2D eigenvalue weighted by Crippen LogP contribution is -2.06. The highest BCUT2D eigenvalue weighted by Gasteiger charge is 2.11. The Hall–Kier alpha value is 0.532. The molecule has 90 valence electrons. The van der Waals surface area contributed by atoms with Crippen molar-refractivity contribution in [1.82, 2.24) is 0 Å². The van der Waals surface area contributed by atoms with E-state index in [-0.39, 0.29) is 15.2 Å². The summed E-state index contributed by atoms with van der Waals surface area (Å²) in [4.78, 5) is 0. The molecule has 15 heavy (non-hydrogen) atoms. The Morgan fingerprint density at radius 3 is 1.47 bits per heavy atom. The van der Waals surface area contributed by atoms with Gasteiger partial charge >= 0.3 is 0 Å². The van der Waals surface area contributed by atoms with Crippen molar-refractivity contribution in [2.45, 2.75) is 88.6 Å². The maximum absolute atomic E-state index is 2.50. The van der Waals surface area contributed by atoms with Gasteiger partial charge in [0.1, 0.15) is 0 Å². The predicted octanol–water partition coefficient (Wildman–Crippen LogP) is 5.20. The van der Waals surface area contributed by atoms with Crippen molar-refractivity contribution in [3.8, 4) is 0 Å². The smallest absolute Gasteiger partial charge is 0.0884 e. The third-order valence-corrected chi connectivity index (χ3v) is 5.83. The molecule has 0 heterocycles. The number of unbranched alkanes of at least 4 members (excludes halogenated alkanes) is 4. The van der Waals surface area contributed by atoms with E-state index in [0.29, 0.717) is 0 Å². The van der Waals surface area contributed by atoms with Gasteiger partial charge in [0.25, 0.3) is 0 Å². The molecule has 0 aromatic carbocycles. The van der Waals surface area contributed by atoms with Crippen LogP contribution < -0.4 is 0 Å². The molecule has 1 heteroatoms. The molecule has 0 N–H and O–H groups in total. The Morgan fingerprint density at radius 1 is 0.733 bits per heavy atom. The third kappa shape index (κ3) is 10.8. The minimum absolute atomic E-state index is 0.204. The summed E-state index contributed by atoms with van der Waals surface area (Å²) >= 11 is 0.204. The highest BCUT2D eigenvalue weighted by atomic mass is 27.1. The minimum atomic E-state index is 0.204. The second kappa shape index (κ2) is 11.0. The molecule has 0 aromatic rings. The molecule has 0 spiro atoms. The topological polar surface area (TPSA) is 0 Å². The van der Waals surface area contributed by atoms with Crippen molar-refractivity contribution in [1.29, 1.82) is 0 Å². The summed E-state index contributed by atoms with van der Waals surface area (Å²) in [6.07, 6.45) is 11.6. The Morgan fingerprint density at radius 2 is 1.13 bits per heavy atom. The molecule has 0 amide bonds. The summed E-state index contributed by atoms with van der Waals surface area (Å²) < 4.78 is 2.18. The first-order chi connectivity index (χ1) is 7.20. The molecule has 0 aliphatic rings. The van der Waals surface area contributed by atoms with E-state index >= 15 is 0 Å². The first-order valence-electron chi connectivity index (χ1n) is 7.20. The maximum Gasteiger partial charge on any atom is 0.244 e. The van der Waals surface area contributed by atoms with E-state index in [0.717, 1.165) is 9.56 Å². The summed E-state index contributed by atoms with van der Waals surface area (Å²) in [7, 11) is 0. The first-order valence-corrected chi connectivity index (χ1v) is 8.83. The van der Waals surface area contributed by atoms with Crippen LogP contribution in [0.5, 0.6) is 0 Å². The van der Waals surface area contributed by atoms with E-state index < -0.39 is 0 Å². The van der Waals surface area contributed by atoms with Crippen molar-refractivity contribution in [2.24, 2.45) is 0 Å². The summed E-state index contributed by atoms with van der Waals surface area (Å²) in [5.41, 5.74) is 0. The summed E-state index contributed by atoms with van der Waals surface area (Å²) in [6, 6.07) is 0. The van der Waals surface area contributed by atoms with E-state index in [1.807, 2.05) is 0 Å². The van der Waals surface area contributed by atoms with Crippen LogP contribution >= 0.6 is 0 Å². The van der Waals surface area contributed by atoms with E-state index in [1.54, 1.807) is 0 Å². The van der Waals surface area contributed by atoms with Crippen LogP contribution in [0.15, 0.2) is 0 Å². The monoisotopic (exact) mass is 226 g/mol. The lowest BCUT2D eigenvalue weighted by Gasteiger charge is -2.14. The molecule has 0 saturated carbocycles. The zero-order valence-electron chi connectivity index (χ0n) is 11.5. The van der Waals surface area contributed by atoms with Crippen LogP contribution in [-0.4, -0.2) is 15.2 Å². The number of hydrogen-bond donors (Lipinski definition) is 0. The van der Waals surface area contributed by atoms with Gasteiger partial charge in [-0.1, -0.05) is 88.6 Å². The van der Waals surface area contributed by atoms with Crippen LogP contribution in [0.2, 0.25) is 9.56 Å². The quantitative estimate of drug-likeness (QED) is 0.355. The third-order valence-electron chi connectivity index (χ3n) is 3.41. The lowest BCUT2D eigenvalue weighted by atomic mass is 10.1. The largest absolute Gasteiger partial charge is 0.244 e. The Bertz CT molecular complexity index is 109. The van der Waals surface area contributed by atoms with Crippen LogP contribution in [0.25, 0.3) is 0 Å². The van der Waals surface area contributed by atoms with Crippen molar-refractivity contribution >= 4 is 15.2 Å². The fraction of sp³-hybridized carbons (Fsp3) is 1.00. The van der Waals surface area contributed by atoms with E-state index in [4.69, 9.17) is 0 Å². The Kier molecular flexibility index (Phi) is 11.4. The standard InChI is InChI=1S/2C7H15.Al.H/c2*1-3-5-7-6-4-2;;/h2*3H,4-7H2,1-2H3;;. The molecular formula is C14H31Al. The van der Waals surface area contributed by atoms with Crippen molar-refractivity contribution in [2.75, 3.05) is 0 Å². The van der Waals surface area contributed by atoms with Gasteiger partial charge in [-0.3, -0.25) is 0 Å². The SMILES string of the molecule is CCCCC[CH](C)[AlH][CH](C)CCCCC. The summed E-state index contributed by atoms with van der Waals surface area (Å²) in [6.45, 7) is 9.60. The minimum Gasteiger partial charge on any atom is -0.0884 e. The maximum atomic E-state index is 2.50. The first kappa shape index (κ1) is 15.5. The van der Waals surface area contributed by atoms with Gasteiger partial charge in [-0.25, -0.2) is 0 Å². The van der Waals surface area contributed by atoms with Crippen molar-refractivity contribution in [3.63, 3.8) is 0 Å². The molecule has 0 fully saturated rings. The van der Waals surface area contributed by atoms with Crippen LogP contribution in [0.1, 0.15) is 79.1 Å². The summed E-state index contributed by atoms with van der Waals surface area (Å²) in [5.74, 6) is 0. The molecular weight excluding hydrogens is 195 g/mol. The number of rotatable bonds is 10. The molecule has 0 aliphatic carbocycles.